The van der Waals surface area contributed by atoms with Crippen molar-refractivity contribution in [3.8, 4) is 0 Å². The molecule has 1 unspecified atom stereocenters. The summed E-state index contributed by atoms with van der Waals surface area (Å²) in [5.74, 6) is 0.988. The lowest BCUT2D eigenvalue weighted by atomic mass is 9.98. The summed E-state index contributed by atoms with van der Waals surface area (Å²) in [5.41, 5.74) is -0.488. The zero-order valence-corrected chi connectivity index (χ0v) is 14.1. The minimum atomic E-state index is -0.488. The van der Waals surface area contributed by atoms with Crippen molar-refractivity contribution >= 4 is 35.0 Å². The molecular weight excluding hydrogens is 313 g/mol. The van der Waals surface area contributed by atoms with Gasteiger partial charge in [-0.05, 0) is 50.9 Å². The largest absolute Gasteiger partial charge is 0.390 e. The number of likely N-dealkylation sites (tertiary alicyclic amines) is 1. The first kappa shape index (κ1) is 16.4. The van der Waals surface area contributed by atoms with Crippen LogP contribution in [0.3, 0.4) is 0 Å². The lowest BCUT2D eigenvalue weighted by Crippen LogP contribution is -2.29. The molecule has 1 fully saturated rings. The van der Waals surface area contributed by atoms with Crippen molar-refractivity contribution in [3.05, 3.63) is 28.2 Å². The standard InChI is InChI=1S/C15H21Cl2NOS/c1-15(19)5-2-7-18(8-6-15)9-10-20-14-11-12(16)3-4-13(14)17/h3-4,11,19H,2,5-10H2,1H3. The Labute approximate surface area is 135 Å². The van der Waals surface area contributed by atoms with Gasteiger partial charge in [-0.2, -0.15) is 0 Å². The normalized spacial score (nSPS) is 24.6. The smallest absolute Gasteiger partial charge is 0.0632 e. The van der Waals surface area contributed by atoms with Gasteiger partial charge in [0, 0.05) is 28.8 Å². The summed E-state index contributed by atoms with van der Waals surface area (Å²) in [7, 11) is 0. The molecule has 1 aromatic carbocycles. The molecule has 2 rings (SSSR count). The first-order chi connectivity index (χ1) is 9.46. The van der Waals surface area contributed by atoms with E-state index >= 15 is 0 Å². The summed E-state index contributed by atoms with van der Waals surface area (Å²) < 4.78 is 0. The number of thioether (sulfide) groups is 1. The molecule has 1 aliphatic heterocycles. The van der Waals surface area contributed by atoms with E-state index in [0.717, 1.165) is 59.6 Å². The molecule has 0 amide bonds. The van der Waals surface area contributed by atoms with Crippen LogP contribution in [0.15, 0.2) is 23.1 Å². The molecule has 1 heterocycles. The van der Waals surface area contributed by atoms with Crippen molar-refractivity contribution in [2.45, 2.75) is 36.7 Å². The van der Waals surface area contributed by atoms with Crippen LogP contribution in [0.5, 0.6) is 0 Å². The van der Waals surface area contributed by atoms with Gasteiger partial charge in [-0.25, -0.2) is 0 Å². The third-order valence-corrected chi connectivity index (χ3v) is 5.43. The third kappa shape index (κ3) is 5.12. The van der Waals surface area contributed by atoms with Gasteiger partial charge in [0.05, 0.1) is 10.6 Å². The van der Waals surface area contributed by atoms with Crippen molar-refractivity contribution in [2.24, 2.45) is 0 Å². The lowest BCUT2D eigenvalue weighted by Gasteiger charge is -2.22. The van der Waals surface area contributed by atoms with Crippen molar-refractivity contribution in [3.63, 3.8) is 0 Å². The van der Waals surface area contributed by atoms with Crippen LogP contribution in [0.4, 0.5) is 0 Å². The van der Waals surface area contributed by atoms with E-state index in [0.29, 0.717) is 0 Å². The van der Waals surface area contributed by atoms with Gasteiger partial charge >= 0.3 is 0 Å². The van der Waals surface area contributed by atoms with Crippen LogP contribution in [-0.4, -0.2) is 41.0 Å². The van der Waals surface area contributed by atoms with Gasteiger partial charge in [0.1, 0.15) is 0 Å². The molecule has 0 spiro atoms. The van der Waals surface area contributed by atoms with E-state index in [1.54, 1.807) is 11.8 Å². The van der Waals surface area contributed by atoms with E-state index < -0.39 is 5.60 Å². The van der Waals surface area contributed by atoms with Gasteiger partial charge in [0.2, 0.25) is 0 Å². The molecule has 0 aromatic heterocycles. The van der Waals surface area contributed by atoms with Crippen molar-refractivity contribution in [1.82, 2.24) is 4.90 Å². The second kappa shape index (κ2) is 7.37. The number of aliphatic hydroxyl groups is 1. The molecule has 112 valence electrons. The summed E-state index contributed by atoms with van der Waals surface area (Å²) in [6.45, 7) is 5.00. The predicted octanol–water partition coefficient (Wildman–Crippen LogP) is 4.32. The Morgan fingerprint density at radius 1 is 1.30 bits per heavy atom. The predicted molar refractivity (Wildman–Crippen MR) is 88.1 cm³/mol. The van der Waals surface area contributed by atoms with Crippen LogP contribution < -0.4 is 0 Å². The maximum atomic E-state index is 10.1. The maximum Gasteiger partial charge on any atom is 0.0632 e. The van der Waals surface area contributed by atoms with Crippen LogP contribution in [0.25, 0.3) is 0 Å². The van der Waals surface area contributed by atoms with E-state index in [9.17, 15) is 5.11 Å². The second-order valence-corrected chi connectivity index (χ2v) is 7.60. The third-order valence-electron chi connectivity index (χ3n) is 3.71. The van der Waals surface area contributed by atoms with Gasteiger partial charge in [0.15, 0.2) is 0 Å². The molecule has 1 aliphatic rings. The fraction of sp³-hybridized carbons (Fsp3) is 0.600. The first-order valence-electron chi connectivity index (χ1n) is 6.99. The number of benzene rings is 1. The van der Waals surface area contributed by atoms with Crippen LogP contribution in [0.1, 0.15) is 26.2 Å². The van der Waals surface area contributed by atoms with E-state index in [2.05, 4.69) is 4.90 Å². The minimum Gasteiger partial charge on any atom is -0.390 e. The van der Waals surface area contributed by atoms with Crippen molar-refractivity contribution in [2.75, 3.05) is 25.4 Å². The molecule has 2 nitrogen and oxygen atoms in total. The van der Waals surface area contributed by atoms with Crippen LogP contribution in [-0.2, 0) is 0 Å². The summed E-state index contributed by atoms with van der Waals surface area (Å²) in [4.78, 5) is 3.47. The number of hydrogen-bond acceptors (Lipinski definition) is 3. The molecule has 1 aromatic rings. The SMILES string of the molecule is CC1(O)CCCN(CCSc2cc(Cl)ccc2Cl)CC1. The summed E-state index contributed by atoms with van der Waals surface area (Å²) in [6.07, 6.45) is 2.82. The number of halogens is 2. The average Bonchev–Trinajstić information content (AvgIpc) is 2.55. The molecular formula is C15H21Cl2NOS. The molecule has 1 saturated heterocycles. The fourth-order valence-corrected chi connectivity index (χ4v) is 3.92. The Hall–Kier alpha value is 0.0700. The van der Waals surface area contributed by atoms with Gasteiger partial charge in [0.25, 0.3) is 0 Å². The zero-order valence-electron chi connectivity index (χ0n) is 11.7. The minimum absolute atomic E-state index is 0.488. The lowest BCUT2D eigenvalue weighted by molar-refractivity contribution is 0.0449. The fourth-order valence-electron chi connectivity index (χ4n) is 2.42. The van der Waals surface area contributed by atoms with Crippen molar-refractivity contribution in [1.29, 1.82) is 0 Å². The topological polar surface area (TPSA) is 23.5 Å². The molecule has 1 atom stereocenters. The highest BCUT2D eigenvalue weighted by Crippen LogP contribution is 2.30. The Balaban J connectivity index is 1.79. The van der Waals surface area contributed by atoms with Gasteiger partial charge in [-0.1, -0.05) is 23.2 Å². The van der Waals surface area contributed by atoms with E-state index in [1.165, 1.54) is 0 Å². The highest BCUT2D eigenvalue weighted by atomic mass is 35.5. The number of rotatable bonds is 4. The monoisotopic (exact) mass is 333 g/mol. The van der Waals surface area contributed by atoms with E-state index in [-0.39, 0.29) is 0 Å². The first-order valence-corrected chi connectivity index (χ1v) is 8.73. The summed E-state index contributed by atoms with van der Waals surface area (Å²) in [6, 6.07) is 5.57. The Morgan fingerprint density at radius 3 is 2.90 bits per heavy atom. The quantitative estimate of drug-likeness (QED) is 0.830. The number of nitrogens with zero attached hydrogens (tertiary/aromatic N) is 1. The van der Waals surface area contributed by atoms with Crippen LogP contribution >= 0.6 is 35.0 Å². The highest BCUT2D eigenvalue weighted by Gasteiger charge is 2.24. The Bertz CT molecular complexity index is 453. The van der Waals surface area contributed by atoms with Crippen molar-refractivity contribution < 1.29 is 5.11 Å². The summed E-state index contributed by atoms with van der Waals surface area (Å²) in [5, 5.41) is 11.6. The molecule has 0 radical (unpaired) electrons. The molecule has 0 aliphatic carbocycles. The molecule has 5 heteroatoms. The van der Waals surface area contributed by atoms with E-state index in [1.807, 2.05) is 25.1 Å². The second-order valence-electron chi connectivity index (χ2n) is 5.62. The van der Waals surface area contributed by atoms with Gasteiger partial charge in [-0.3, -0.25) is 0 Å². The van der Waals surface area contributed by atoms with Gasteiger partial charge < -0.3 is 10.0 Å². The van der Waals surface area contributed by atoms with Crippen LogP contribution in [0.2, 0.25) is 10.0 Å². The Morgan fingerprint density at radius 2 is 2.10 bits per heavy atom. The average molecular weight is 334 g/mol. The molecule has 1 N–H and O–H groups in total. The summed E-state index contributed by atoms with van der Waals surface area (Å²) >= 11 is 13.9. The van der Waals surface area contributed by atoms with Crippen LogP contribution in [0, 0.1) is 0 Å². The molecule has 20 heavy (non-hydrogen) atoms. The number of hydrogen-bond donors (Lipinski definition) is 1. The van der Waals surface area contributed by atoms with E-state index in [4.69, 9.17) is 23.2 Å². The van der Waals surface area contributed by atoms with Gasteiger partial charge in [-0.15, -0.1) is 11.8 Å². The maximum absolute atomic E-state index is 10.1. The Kier molecular flexibility index (Phi) is 6.06. The highest BCUT2D eigenvalue weighted by molar-refractivity contribution is 7.99. The molecule has 0 bridgehead atoms. The molecule has 0 saturated carbocycles. The zero-order chi connectivity index (χ0) is 14.6.